The van der Waals surface area contributed by atoms with E-state index in [1.807, 2.05) is 40.7 Å². The highest BCUT2D eigenvalue weighted by Crippen LogP contribution is 2.42. The van der Waals surface area contributed by atoms with Gasteiger partial charge in [-0.2, -0.15) is 0 Å². The Morgan fingerprint density at radius 3 is 2.81 bits per heavy atom. The van der Waals surface area contributed by atoms with Crippen LogP contribution in [0.5, 0.6) is 0 Å². The predicted octanol–water partition coefficient (Wildman–Crippen LogP) is 5.90. The number of amides is 1. The molecule has 2 aliphatic rings. The number of rotatable bonds is 5. The number of likely N-dealkylation sites (tertiary alicyclic amines) is 1. The molecular formula is C25H27ClN2O3S. The lowest BCUT2D eigenvalue weighted by atomic mass is 9.71. The van der Waals surface area contributed by atoms with Crippen LogP contribution in [0.4, 0.5) is 0 Å². The Balaban J connectivity index is 1.46. The summed E-state index contributed by atoms with van der Waals surface area (Å²) in [6, 6.07) is 9.95. The minimum absolute atomic E-state index is 0.0432. The summed E-state index contributed by atoms with van der Waals surface area (Å²) in [4.78, 5) is 32.0. The molecule has 7 heteroatoms. The number of aliphatic carboxylic acids is 1. The van der Waals surface area contributed by atoms with Crippen LogP contribution in [0.1, 0.15) is 54.9 Å². The number of carbonyl (C=O) groups is 2. The molecule has 168 valence electrons. The third kappa shape index (κ3) is 3.84. The van der Waals surface area contributed by atoms with Crippen molar-refractivity contribution in [2.75, 3.05) is 6.54 Å². The predicted molar refractivity (Wildman–Crippen MR) is 127 cm³/mol. The minimum atomic E-state index is -0.709. The van der Waals surface area contributed by atoms with Crippen LogP contribution in [0.25, 0.3) is 10.9 Å². The number of aromatic amines is 1. The average Bonchev–Trinajstić information content (AvgIpc) is 3.47. The van der Waals surface area contributed by atoms with Crippen LogP contribution in [0.3, 0.4) is 0 Å². The number of H-pyrrole nitrogens is 1. The van der Waals surface area contributed by atoms with Crippen molar-refractivity contribution in [2.45, 2.75) is 50.5 Å². The smallest absolute Gasteiger partial charge is 0.306 e. The molecule has 0 spiro atoms. The number of halogens is 1. The summed E-state index contributed by atoms with van der Waals surface area (Å²) in [5, 5.41) is 13.4. The molecular weight excluding hydrogens is 444 g/mol. The summed E-state index contributed by atoms with van der Waals surface area (Å²) in [7, 11) is 0. The van der Waals surface area contributed by atoms with E-state index in [2.05, 4.69) is 11.1 Å². The van der Waals surface area contributed by atoms with Crippen molar-refractivity contribution in [3.8, 4) is 0 Å². The molecule has 1 aliphatic heterocycles. The zero-order chi connectivity index (χ0) is 22.2. The lowest BCUT2D eigenvalue weighted by molar-refractivity contribution is -0.153. The Morgan fingerprint density at radius 2 is 2.03 bits per heavy atom. The molecule has 2 N–H and O–H groups in total. The van der Waals surface area contributed by atoms with Crippen molar-refractivity contribution >= 4 is 45.7 Å². The molecule has 1 saturated carbocycles. The number of thiophene rings is 1. The van der Waals surface area contributed by atoms with E-state index in [1.165, 1.54) is 0 Å². The SMILES string of the molecule is O=C(O)C1CCN(C(=O)CC(c2cccs2)c2c[nH]c3cccc(Cl)c23)C2CCCCC12. The molecule has 5 nitrogen and oxygen atoms in total. The molecule has 4 atom stereocenters. The maximum absolute atomic E-state index is 13.7. The first kappa shape index (κ1) is 21.5. The van der Waals surface area contributed by atoms with Gasteiger partial charge in [-0.25, -0.2) is 0 Å². The van der Waals surface area contributed by atoms with Gasteiger partial charge in [0.1, 0.15) is 0 Å². The fraction of sp³-hybridized carbons (Fsp3) is 0.440. The third-order valence-electron chi connectivity index (χ3n) is 7.34. The van der Waals surface area contributed by atoms with Gasteiger partial charge in [0.2, 0.25) is 5.91 Å². The first-order chi connectivity index (χ1) is 15.5. The van der Waals surface area contributed by atoms with Crippen molar-refractivity contribution in [2.24, 2.45) is 11.8 Å². The van der Waals surface area contributed by atoms with E-state index < -0.39 is 5.97 Å². The zero-order valence-electron chi connectivity index (χ0n) is 17.8. The molecule has 0 radical (unpaired) electrons. The summed E-state index contributed by atoms with van der Waals surface area (Å²) >= 11 is 8.22. The van der Waals surface area contributed by atoms with Gasteiger partial charge in [0.25, 0.3) is 0 Å². The monoisotopic (exact) mass is 470 g/mol. The van der Waals surface area contributed by atoms with Crippen molar-refractivity contribution in [1.29, 1.82) is 0 Å². The molecule has 3 aromatic rings. The molecule has 2 aromatic heterocycles. The molecule has 4 unspecified atom stereocenters. The lowest BCUT2D eigenvalue weighted by Crippen LogP contribution is -2.54. The van der Waals surface area contributed by atoms with Crippen molar-refractivity contribution in [3.63, 3.8) is 0 Å². The van der Waals surface area contributed by atoms with Crippen LogP contribution in [-0.2, 0) is 9.59 Å². The number of carboxylic acid groups (broad SMARTS) is 1. The topological polar surface area (TPSA) is 73.4 Å². The molecule has 5 rings (SSSR count). The number of nitrogens with one attached hydrogen (secondary N) is 1. The van der Waals surface area contributed by atoms with Crippen LogP contribution < -0.4 is 0 Å². The van der Waals surface area contributed by atoms with Crippen LogP contribution in [0, 0.1) is 11.8 Å². The number of piperidine rings is 1. The summed E-state index contributed by atoms with van der Waals surface area (Å²) in [5.74, 6) is -0.939. The lowest BCUT2D eigenvalue weighted by Gasteiger charge is -2.47. The number of hydrogen-bond acceptors (Lipinski definition) is 3. The quantitative estimate of drug-likeness (QED) is 0.487. The summed E-state index contributed by atoms with van der Waals surface area (Å²) in [6.07, 6.45) is 6.81. The number of carbonyl (C=O) groups excluding carboxylic acids is 1. The van der Waals surface area contributed by atoms with E-state index in [4.69, 9.17) is 11.6 Å². The van der Waals surface area contributed by atoms with Crippen molar-refractivity contribution < 1.29 is 14.7 Å². The summed E-state index contributed by atoms with van der Waals surface area (Å²) in [5.41, 5.74) is 2.01. The largest absolute Gasteiger partial charge is 0.481 e. The molecule has 1 aliphatic carbocycles. The average molecular weight is 471 g/mol. The maximum atomic E-state index is 13.7. The van der Waals surface area contributed by atoms with Gasteiger partial charge in [-0.05, 0) is 54.3 Å². The highest BCUT2D eigenvalue weighted by Gasteiger charge is 2.44. The van der Waals surface area contributed by atoms with E-state index in [1.54, 1.807) is 11.3 Å². The molecule has 1 aromatic carbocycles. The van der Waals surface area contributed by atoms with Gasteiger partial charge in [-0.1, -0.05) is 36.6 Å². The highest BCUT2D eigenvalue weighted by atomic mass is 35.5. The zero-order valence-corrected chi connectivity index (χ0v) is 19.4. The van der Waals surface area contributed by atoms with E-state index in [0.717, 1.165) is 47.0 Å². The second kappa shape index (κ2) is 8.91. The highest BCUT2D eigenvalue weighted by molar-refractivity contribution is 7.10. The van der Waals surface area contributed by atoms with Gasteiger partial charge < -0.3 is 15.0 Å². The fourth-order valence-corrected chi connectivity index (χ4v) is 6.99. The first-order valence-electron chi connectivity index (χ1n) is 11.4. The summed E-state index contributed by atoms with van der Waals surface area (Å²) in [6.45, 7) is 0.531. The molecule has 3 heterocycles. The number of benzene rings is 1. The number of fused-ring (bicyclic) bond motifs is 2. The molecule has 1 amide bonds. The van der Waals surface area contributed by atoms with Gasteiger partial charge in [0.15, 0.2) is 0 Å². The first-order valence-corrected chi connectivity index (χ1v) is 12.6. The van der Waals surface area contributed by atoms with Gasteiger partial charge >= 0.3 is 5.97 Å². The van der Waals surface area contributed by atoms with E-state index >= 15 is 0 Å². The van der Waals surface area contributed by atoms with Gasteiger partial charge in [-0.3, -0.25) is 9.59 Å². The fourth-order valence-electron chi connectivity index (χ4n) is 5.86. The van der Waals surface area contributed by atoms with E-state index in [-0.39, 0.29) is 29.7 Å². The Hall–Kier alpha value is -2.31. The second-order valence-electron chi connectivity index (χ2n) is 9.01. The van der Waals surface area contributed by atoms with Crippen LogP contribution in [0.15, 0.2) is 41.9 Å². The maximum Gasteiger partial charge on any atom is 0.306 e. The molecule has 1 saturated heterocycles. The third-order valence-corrected chi connectivity index (χ3v) is 8.64. The van der Waals surface area contributed by atoms with Crippen molar-refractivity contribution in [3.05, 3.63) is 57.4 Å². The van der Waals surface area contributed by atoms with E-state index in [9.17, 15) is 14.7 Å². The van der Waals surface area contributed by atoms with Crippen molar-refractivity contribution in [1.82, 2.24) is 9.88 Å². The molecule has 0 bridgehead atoms. The van der Waals surface area contributed by atoms with Crippen LogP contribution in [-0.4, -0.2) is 39.5 Å². The normalized spacial score (nSPS) is 24.3. The van der Waals surface area contributed by atoms with Crippen LogP contribution in [0.2, 0.25) is 5.02 Å². The van der Waals surface area contributed by atoms with Gasteiger partial charge in [0.05, 0.1) is 10.9 Å². The number of carboxylic acids is 1. The van der Waals surface area contributed by atoms with Crippen LogP contribution >= 0.6 is 22.9 Å². The Bertz CT molecular complexity index is 1130. The van der Waals surface area contributed by atoms with E-state index in [0.29, 0.717) is 24.4 Å². The Kier molecular flexibility index (Phi) is 5.99. The standard InChI is InChI=1S/C25H27ClN2O3S/c26-19-6-3-7-20-24(19)18(14-27-20)17(22-9-4-12-32-22)13-23(29)28-11-10-16(25(30)31)15-5-1-2-8-21(15)28/h3-4,6-7,9,12,14-17,21,27H,1-2,5,8,10-11,13H2,(H,30,31). The number of aromatic nitrogens is 1. The Labute approximate surface area is 196 Å². The second-order valence-corrected chi connectivity index (χ2v) is 10.4. The minimum Gasteiger partial charge on any atom is -0.481 e. The molecule has 2 fully saturated rings. The molecule has 32 heavy (non-hydrogen) atoms. The van der Waals surface area contributed by atoms with Gasteiger partial charge in [-0.15, -0.1) is 11.3 Å². The number of hydrogen-bond donors (Lipinski definition) is 2. The Morgan fingerprint density at radius 1 is 1.19 bits per heavy atom. The number of nitrogens with zero attached hydrogens (tertiary/aromatic N) is 1. The summed E-state index contributed by atoms with van der Waals surface area (Å²) < 4.78 is 0. The van der Waals surface area contributed by atoms with Gasteiger partial charge in [0, 0.05) is 46.9 Å².